The molecule has 4 aliphatic carbocycles. The molecule has 98 valence electrons. The van der Waals surface area contributed by atoms with E-state index in [-0.39, 0.29) is 11.8 Å². The highest BCUT2D eigenvalue weighted by molar-refractivity contribution is 7.85. The summed E-state index contributed by atoms with van der Waals surface area (Å²) < 4.78 is 38.7. The summed E-state index contributed by atoms with van der Waals surface area (Å²) in [7, 11) is -2.02. The quantitative estimate of drug-likeness (QED) is 0.760. The number of halogens is 2. The highest BCUT2D eigenvalue weighted by Gasteiger charge is 2.55. The van der Waals surface area contributed by atoms with E-state index in [2.05, 4.69) is 0 Å². The van der Waals surface area contributed by atoms with Crippen molar-refractivity contribution in [2.24, 2.45) is 23.2 Å². The first-order valence-corrected chi connectivity index (χ1v) is 8.16. The van der Waals surface area contributed by atoms with Crippen LogP contribution in [-0.4, -0.2) is 15.7 Å². The van der Waals surface area contributed by atoms with Crippen LogP contribution in [0.25, 0.3) is 0 Å². The van der Waals surface area contributed by atoms with Crippen molar-refractivity contribution in [3.8, 4) is 0 Å². The van der Waals surface area contributed by atoms with E-state index in [4.69, 9.17) is 0 Å². The second kappa shape index (κ2) is 3.75. The van der Waals surface area contributed by atoms with Gasteiger partial charge in [0.2, 0.25) is 0 Å². The molecule has 4 heteroatoms. The van der Waals surface area contributed by atoms with Gasteiger partial charge in [0.05, 0.1) is 10.8 Å². The topological polar surface area (TPSA) is 17.1 Å². The van der Waals surface area contributed by atoms with Crippen LogP contribution in [0.2, 0.25) is 0 Å². The average molecular weight is 262 g/mol. The Balaban J connectivity index is 1.80. The first kappa shape index (κ1) is 12.1. The fourth-order valence-corrected chi connectivity index (χ4v) is 5.55. The first-order valence-electron chi connectivity index (χ1n) is 6.60. The van der Waals surface area contributed by atoms with E-state index in [0.717, 1.165) is 25.5 Å². The second-order valence-corrected chi connectivity index (χ2v) is 8.19. The molecule has 0 aromatic carbocycles. The average Bonchev–Trinajstić information content (AvgIpc) is 2.12. The van der Waals surface area contributed by atoms with Crippen molar-refractivity contribution in [1.82, 2.24) is 0 Å². The number of alkyl halides is 2. The zero-order valence-electron chi connectivity index (χ0n) is 10.3. The van der Waals surface area contributed by atoms with Gasteiger partial charge in [-0.2, -0.15) is 8.78 Å². The molecule has 17 heavy (non-hydrogen) atoms. The van der Waals surface area contributed by atoms with Gasteiger partial charge in [-0.25, -0.2) is 0 Å². The Kier molecular flexibility index (Phi) is 2.66. The van der Waals surface area contributed by atoms with Crippen LogP contribution in [0.15, 0.2) is 0 Å². The second-order valence-electron chi connectivity index (χ2n) is 6.69. The van der Waals surface area contributed by atoms with Crippen LogP contribution < -0.4 is 0 Å². The Labute approximate surface area is 104 Å². The molecule has 1 atom stereocenters. The van der Waals surface area contributed by atoms with E-state index in [9.17, 15) is 13.0 Å². The SMILES string of the molecule is CS(=O)C(F)(F)CC12CC3CC(CC(C3)C1)C2. The molecule has 0 heterocycles. The smallest absolute Gasteiger partial charge is 0.254 e. The van der Waals surface area contributed by atoms with Crippen LogP contribution in [-0.2, 0) is 10.8 Å². The van der Waals surface area contributed by atoms with Crippen LogP contribution in [0, 0.1) is 23.2 Å². The third-order valence-corrected chi connectivity index (χ3v) is 6.15. The van der Waals surface area contributed by atoms with E-state index in [1.807, 2.05) is 0 Å². The lowest BCUT2D eigenvalue weighted by molar-refractivity contribution is -0.0904. The fraction of sp³-hybridized carbons (Fsp3) is 1.00. The van der Waals surface area contributed by atoms with E-state index < -0.39 is 16.1 Å². The third kappa shape index (κ3) is 2.06. The van der Waals surface area contributed by atoms with Crippen LogP contribution >= 0.6 is 0 Å². The van der Waals surface area contributed by atoms with Crippen molar-refractivity contribution in [2.45, 2.75) is 50.2 Å². The monoisotopic (exact) mass is 262 g/mol. The predicted octanol–water partition coefficient (Wildman–Crippen LogP) is 3.56. The van der Waals surface area contributed by atoms with Gasteiger partial charge in [-0.15, -0.1) is 0 Å². The van der Waals surface area contributed by atoms with Gasteiger partial charge in [-0.05, 0) is 61.7 Å². The lowest BCUT2D eigenvalue weighted by Crippen LogP contribution is -2.48. The van der Waals surface area contributed by atoms with E-state index >= 15 is 0 Å². The van der Waals surface area contributed by atoms with Gasteiger partial charge < -0.3 is 0 Å². The van der Waals surface area contributed by atoms with Crippen molar-refractivity contribution >= 4 is 10.8 Å². The van der Waals surface area contributed by atoms with Gasteiger partial charge in [0, 0.05) is 12.7 Å². The lowest BCUT2D eigenvalue weighted by Gasteiger charge is -2.57. The molecule has 0 aromatic rings. The Bertz CT molecular complexity index is 318. The van der Waals surface area contributed by atoms with Crippen LogP contribution in [0.1, 0.15) is 44.9 Å². The van der Waals surface area contributed by atoms with Crippen LogP contribution in [0.5, 0.6) is 0 Å². The fourth-order valence-electron chi connectivity index (χ4n) is 5.04. The van der Waals surface area contributed by atoms with Crippen molar-refractivity contribution in [3.63, 3.8) is 0 Å². The molecule has 4 rings (SSSR count). The largest absolute Gasteiger partial charge is 0.321 e. The minimum Gasteiger partial charge on any atom is -0.254 e. The highest BCUT2D eigenvalue weighted by Crippen LogP contribution is 2.62. The molecule has 0 aliphatic heterocycles. The highest BCUT2D eigenvalue weighted by atomic mass is 32.2. The Hall–Kier alpha value is 0.01000. The minimum absolute atomic E-state index is 0.132. The Morgan fingerprint density at radius 2 is 1.53 bits per heavy atom. The lowest BCUT2D eigenvalue weighted by atomic mass is 9.49. The molecule has 0 N–H and O–H groups in total. The van der Waals surface area contributed by atoms with E-state index in [0.29, 0.717) is 17.8 Å². The van der Waals surface area contributed by atoms with Gasteiger partial charge in [-0.3, -0.25) is 4.21 Å². The van der Waals surface area contributed by atoms with Gasteiger partial charge in [-0.1, -0.05) is 0 Å². The summed E-state index contributed by atoms with van der Waals surface area (Å²) >= 11 is 0. The summed E-state index contributed by atoms with van der Waals surface area (Å²) in [6.07, 6.45) is 7.69. The zero-order chi connectivity index (χ0) is 12.3. The maximum absolute atomic E-state index is 13.8. The minimum atomic E-state index is -2.98. The van der Waals surface area contributed by atoms with Gasteiger partial charge in [0.1, 0.15) is 0 Å². The third-order valence-electron chi connectivity index (χ3n) is 5.17. The molecule has 1 nitrogen and oxygen atoms in total. The summed E-state index contributed by atoms with van der Waals surface area (Å²) in [5.41, 5.74) is -0.177. The molecule has 4 aliphatic rings. The first-order chi connectivity index (χ1) is 7.89. The molecule has 1 unspecified atom stereocenters. The molecular weight excluding hydrogens is 242 g/mol. The number of hydrogen-bond acceptors (Lipinski definition) is 1. The van der Waals surface area contributed by atoms with Gasteiger partial charge >= 0.3 is 5.25 Å². The number of rotatable bonds is 3. The maximum atomic E-state index is 13.8. The molecule has 0 saturated heterocycles. The molecule has 4 fully saturated rings. The van der Waals surface area contributed by atoms with Gasteiger partial charge in [0.15, 0.2) is 0 Å². The number of hydrogen-bond donors (Lipinski definition) is 0. The molecule has 0 aromatic heterocycles. The van der Waals surface area contributed by atoms with Crippen LogP contribution in [0.4, 0.5) is 8.78 Å². The molecular formula is C13H20F2OS. The van der Waals surface area contributed by atoms with E-state index in [1.54, 1.807) is 0 Å². The van der Waals surface area contributed by atoms with Crippen molar-refractivity contribution < 1.29 is 13.0 Å². The van der Waals surface area contributed by atoms with E-state index in [1.165, 1.54) is 19.3 Å². The van der Waals surface area contributed by atoms with Crippen LogP contribution in [0.3, 0.4) is 0 Å². The molecule has 4 bridgehead atoms. The van der Waals surface area contributed by atoms with Crippen molar-refractivity contribution in [1.29, 1.82) is 0 Å². The summed E-state index contributed by atoms with van der Waals surface area (Å²) in [6, 6.07) is 0. The molecule has 0 radical (unpaired) electrons. The van der Waals surface area contributed by atoms with Gasteiger partial charge in [0.25, 0.3) is 0 Å². The summed E-state index contributed by atoms with van der Waals surface area (Å²) in [6.45, 7) is 0. The Morgan fingerprint density at radius 3 is 1.88 bits per heavy atom. The standard InChI is InChI=1S/C13H20F2OS/c1-17(16)13(14,15)8-12-5-9-2-10(6-12)4-11(3-9)7-12/h9-11H,2-8H2,1H3. The maximum Gasteiger partial charge on any atom is 0.321 e. The molecule has 4 saturated carbocycles. The molecule has 0 amide bonds. The zero-order valence-corrected chi connectivity index (χ0v) is 11.1. The van der Waals surface area contributed by atoms with Crippen molar-refractivity contribution in [3.05, 3.63) is 0 Å². The summed E-state index contributed by atoms with van der Waals surface area (Å²) in [5, 5.41) is -2.98. The summed E-state index contributed by atoms with van der Waals surface area (Å²) in [4.78, 5) is 0. The normalized spacial score (nSPS) is 46.2. The van der Waals surface area contributed by atoms with Crippen molar-refractivity contribution in [2.75, 3.05) is 6.26 Å². The molecule has 0 spiro atoms. The summed E-state index contributed by atoms with van der Waals surface area (Å²) in [5.74, 6) is 2.05. The predicted molar refractivity (Wildman–Crippen MR) is 64.2 cm³/mol. The Morgan fingerprint density at radius 1 is 1.12 bits per heavy atom.